The molecule has 0 saturated heterocycles. The van der Waals surface area contributed by atoms with Crippen LogP contribution in [-0.4, -0.2) is 28.9 Å². The first-order valence-electron chi connectivity index (χ1n) is 5.00. The molecule has 0 saturated carbocycles. The van der Waals surface area contributed by atoms with Crippen molar-refractivity contribution in [1.29, 1.82) is 0 Å². The molecule has 0 fully saturated rings. The van der Waals surface area contributed by atoms with Gasteiger partial charge in [0.05, 0.1) is 0 Å². The summed E-state index contributed by atoms with van der Waals surface area (Å²) >= 11 is 5.61. The van der Waals surface area contributed by atoms with Gasteiger partial charge in [-0.2, -0.15) is 0 Å². The summed E-state index contributed by atoms with van der Waals surface area (Å²) in [7, 11) is 1.63. The van der Waals surface area contributed by atoms with Crippen LogP contribution in [-0.2, 0) is 4.74 Å². The summed E-state index contributed by atoms with van der Waals surface area (Å²) in [6, 6.07) is 3.21. The summed E-state index contributed by atoms with van der Waals surface area (Å²) < 4.78 is 5.09. The van der Waals surface area contributed by atoms with Crippen LogP contribution in [0.1, 0.15) is 20.8 Å². The summed E-state index contributed by atoms with van der Waals surface area (Å²) in [5.74, 6) is 0.459. The summed E-state index contributed by atoms with van der Waals surface area (Å²) in [6.07, 6.45) is -0.559. The summed E-state index contributed by atoms with van der Waals surface area (Å²) in [5.41, 5.74) is 1.95. The first-order valence-corrected chi connectivity index (χ1v) is 5.38. The molecule has 0 atom stereocenters. The highest BCUT2D eigenvalue weighted by Crippen LogP contribution is 2.10. The molecule has 0 aromatic carbocycles. The van der Waals surface area contributed by atoms with Crippen LogP contribution in [0.15, 0.2) is 12.1 Å². The number of hydrogen-bond donors (Lipinski definition) is 1. The van der Waals surface area contributed by atoms with Crippen molar-refractivity contribution in [1.82, 2.24) is 15.6 Å². The number of anilines is 1. The maximum atomic E-state index is 11.5. The first-order chi connectivity index (χ1) is 7.78. The van der Waals surface area contributed by atoms with Crippen molar-refractivity contribution in [2.24, 2.45) is 0 Å². The molecular formula is C10H15ClN4O2. The second kappa shape index (κ2) is 5.18. The lowest BCUT2D eigenvalue weighted by atomic mass is 10.2. The SMILES string of the molecule is CN(NC(=O)OC(C)(C)C)c1ccc(Cl)nn1. The number of nitrogens with one attached hydrogen (secondary N) is 1. The minimum absolute atomic E-state index is 0.291. The topological polar surface area (TPSA) is 67.4 Å². The Morgan fingerprint density at radius 2 is 2.06 bits per heavy atom. The van der Waals surface area contributed by atoms with Crippen LogP contribution in [0.2, 0.25) is 5.15 Å². The molecule has 0 aliphatic heterocycles. The Bertz CT molecular complexity index is 388. The summed E-state index contributed by atoms with van der Waals surface area (Å²) in [5, 5.41) is 9.16. The highest BCUT2D eigenvalue weighted by atomic mass is 35.5. The molecule has 0 bridgehead atoms. The molecule has 0 radical (unpaired) electrons. The Morgan fingerprint density at radius 3 is 2.53 bits per heavy atom. The zero-order chi connectivity index (χ0) is 13.1. The van der Waals surface area contributed by atoms with Gasteiger partial charge in [-0.3, -0.25) is 5.01 Å². The Morgan fingerprint density at radius 1 is 1.41 bits per heavy atom. The normalized spacial score (nSPS) is 10.9. The van der Waals surface area contributed by atoms with E-state index in [2.05, 4.69) is 15.6 Å². The minimum atomic E-state index is -0.559. The zero-order valence-electron chi connectivity index (χ0n) is 10.2. The lowest BCUT2D eigenvalue weighted by Gasteiger charge is -2.23. The third kappa shape index (κ3) is 4.86. The van der Waals surface area contributed by atoms with Crippen molar-refractivity contribution < 1.29 is 9.53 Å². The number of carbonyl (C=O) groups excluding carboxylic acids is 1. The molecule has 0 aliphatic rings. The van der Waals surface area contributed by atoms with Gasteiger partial charge in [0.15, 0.2) is 11.0 Å². The van der Waals surface area contributed by atoms with Gasteiger partial charge in [0.25, 0.3) is 0 Å². The van der Waals surface area contributed by atoms with E-state index >= 15 is 0 Å². The van der Waals surface area contributed by atoms with Crippen molar-refractivity contribution in [3.05, 3.63) is 17.3 Å². The number of aromatic nitrogens is 2. The molecular weight excluding hydrogens is 244 g/mol. The number of hydrogen-bond acceptors (Lipinski definition) is 5. The number of hydrazine groups is 1. The molecule has 7 heteroatoms. The van der Waals surface area contributed by atoms with Crippen LogP contribution in [0.3, 0.4) is 0 Å². The van der Waals surface area contributed by atoms with Crippen LogP contribution >= 0.6 is 11.6 Å². The highest BCUT2D eigenvalue weighted by Gasteiger charge is 2.17. The number of rotatable bonds is 2. The second-order valence-electron chi connectivity index (χ2n) is 4.39. The summed E-state index contributed by atoms with van der Waals surface area (Å²) in [6.45, 7) is 5.36. The van der Waals surface area contributed by atoms with Crippen molar-refractivity contribution in [2.45, 2.75) is 26.4 Å². The van der Waals surface area contributed by atoms with E-state index in [1.165, 1.54) is 5.01 Å². The maximum absolute atomic E-state index is 11.5. The molecule has 0 spiro atoms. The molecule has 94 valence electrons. The van der Waals surface area contributed by atoms with E-state index in [0.29, 0.717) is 11.0 Å². The van der Waals surface area contributed by atoms with Crippen molar-refractivity contribution in [3.63, 3.8) is 0 Å². The van der Waals surface area contributed by atoms with Gasteiger partial charge in [0, 0.05) is 7.05 Å². The van der Waals surface area contributed by atoms with Gasteiger partial charge in [-0.1, -0.05) is 11.6 Å². The maximum Gasteiger partial charge on any atom is 0.426 e. The van der Waals surface area contributed by atoms with Crippen molar-refractivity contribution in [2.75, 3.05) is 12.1 Å². The van der Waals surface area contributed by atoms with E-state index in [9.17, 15) is 4.79 Å². The third-order valence-corrected chi connectivity index (χ3v) is 1.82. The Kier molecular flexibility index (Phi) is 4.11. The first kappa shape index (κ1) is 13.5. The molecule has 1 amide bonds. The van der Waals surface area contributed by atoms with Crippen LogP contribution in [0.4, 0.5) is 10.6 Å². The van der Waals surface area contributed by atoms with E-state index in [4.69, 9.17) is 16.3 Å². The Balaban J connectivity index is 2.57. The average molecular weight is 259 g/mol. The highest BCUT2D eigenvalue weighted by molar-refractivity contribution is 6.29. The van der Waals surface area contributed by atoms with E-state index < -0.39 is 11.7 Å². The molecule has 1 rings (SSSR count). The lowest BCUT2D eigenvalue weighted by Crippen LogP contribution is -2.43. The smallest absolute Gasteiger partial charge is 0.426 e. The molecule has 1 aromatic heterocycles. The molecule has 1 N–H and O–H groups in total. The average Bonchev–Trinajstić information content (AvgIpc) is 2.15. The fraction of sp³-hybridized carbons (Fsp3) is 0.500. The van der Waals surface area contributed by atoms with Crippen LogP contribution in [0, 0.1) is 0 Å². The van der Waals surface area contributed by atoms with Gasteiger partial charge < -0.3 is 4.74 Å². The molecule has 0 aliphatic carbocycles. The fourth-order valence-corrected chi connectivity index (χ4v) is 1.08. The number of nitrogens with zero attached hydrogens (tertiary/aromatic N) is 3. The predicted molar refractivity (Wildman–Crippen MR) is 64.8 cm³/mol. The van der Waals surface area contributed by atoms with E-state index in [-0.39, 0.29) is 0 Å². The van der Waals surface area contributed by atoms with Gasteiger partial charge in [-0.15, -0.1) is 10.2 Å². The standard InChI is InChI=1S/C10H15ClN4O2/c1-10(2,3)17-9(16)14-15(4)8-6-5-7(11)12-13-8/h5-6H,1-4H3,(H,14,16). The predicted octanol–water partition coefficient (Wildman–Crippen LogP) is 2.01. The van der Waals surface area contributed by atoms with E-state index in [1.54, 1.807) is 40.0 Å². The number of amides is 1. The number of ether oxygens (including phenoxy) is 1. The van der Waals surface area contributed by atoms with E-state index in [1.807, 2.05) is 0 Å². The van der Waals surface area contributed by atoms with Gasteiger partial charge >= 0.3 is 6.09 Å². The lowest BCUT2D eigenvalue weighted by molar-refractivity contribution is 0.0524. The fourth-order valence-electron chi connectivity index (χ4n) is 0.983. The molecule has 6 nitrogen and oxygen atoms in total. The summed E-state index contributed by atoms with van der Waals surface area (Å²) in [4.78, 5) is 11.5. The second-order valence-corrected chi connectivity index (χ2v) is 4.77. The Hall–Kier alpha value is -1.56. The van der Waals surface area contributed by atoms with Crippen LogP contribution in [0.5, 0.6) is 0 Å². The quantitative estimate of drug-likeness (QED) is 0.822. The number of halogens is 1. The molecule has 17 heavy (non-hydrogen) atoms. The van der Waals surface area contributed by atoms with Gasteiger partial charge in [-0.25, -0.2) is 10.2 Å². The van der Waals surface area contributed by atoms with Crippen molar-refractivity contribution >= 4 is 23.5 Å². The molecule has 1 aromatic rings. The molecule has 1 heterocycles. The minimum Gasteiger partial charge on any atom is -0.443 e. The zero-order valence-corrected chi connectivity index (χ0v) is 10.9. The monoisotopic (exact) mass is 258 g/mol. The van der Waals surface area contributed by atoms with Gasteiger partial charge in [0.1, 0.15) is 5.60 Å². The third-order valence-electron chi connectivity index (χ3n) is 1.62. The van der Waals surface area contributed by atoms with Crippen LogP contribution in [0.25, 0.3) is 0 Å². The molecule has 0 unspecified atom stereocenters. The largest absolute Gasteiger partial charge is 0.443 e. The van der Waals surface area contributed by atoms with Gasteiger partial charge in [0.2, 0.25) is 0 Å². The van der Waals surface area contributed by atoms with Gasteiger partial charge in [-0.05, 0) is 32.9 Å². The van der Waals surface area contributed by atoms with Crippen LogP contribution < -0.4 is 10.4 Å². The Labute approximate surface area is 105 Å². The number of carbonyl (C=O) groups is 1. The van der Waals surface area contributed by atoms with Crippen molar-refractivity contribution in [3.8, 4) is 0 Å². The van der Waals surface area contributed by atoms with E-state index in [0.717, 1.165) is 0 Å².